The average molecular weight is 242 g/mol. The minimum atomic E-state index is 0.432. The molecular weight excluding hydrogens is 229 g/mol. The van der Waals surface area contributed by atoms with Gasteiger partial charge in [-0.3, -0.25) is 0 Å². The van der Waals surface area contributed by atoms with E-state index in [1.165, 1.54) is 5.56 Å². The molecule has 0 spiro atoms. The molecule has 0 unspecified atom stereocenters. The monoisotopic (exact) mass is 241 g/mol. The van der Waals surface area contributed by atoms with Crippen LogP contribution in [0.4, 0.5) is 0 Å². The van der Waals surface area contributed by atoms with E-state index in [1.54, 1.807) is 0 Å². The molecule has 2 rings (SSSR count). The third-order valence-corrected chi connectivity index (χ3v) is 2.39. The molecule has 0 saturated carbocycles. The molecule has 1 aromatic carbocycles. The Morgan fingerprint density at radius 1 is 1.07 bits per heavy atom. The lowest BCUT2D eigenvalue weighted by Gasteiger charge is -2.01. The van der Waals surface area contributed by atoms with E-state index >= 15 is 0 Å². The van der Waals surface area contributed by atoms with Crippen molar-refractivity contribution >= 4 is 34.0 Å². The van der Waals surface area contributed by atoms with Crippen LogP contribution in [0.15, 0.2) is 24.3 Å². The number of hydrogen-bond donors (Lipinski definition) is 0. The van der Waals surface area contributed by atoms with Crippen LogP contribution < -0.4 is 0 Å². The topological polar surface area (TPSA) is 12.9 Å². The van der Waals surface area contributed by atoms with Gasteiger partial charge in [-0.05, 0) is 24.4 Å². The first-order valence-corrected chi connectivity index (χ1v) is 5.65. The fourth-order valence-corrected chi connectivity index (χ4v) is 1.79. The Hall–Kier alpha value is -0.790. The molecule has 0 radical (unpaired) electrons. The molecule has 1 heterocycles. The summed E-state index contributed by atoms with van der Waals surface area (Å²) < 4.78 is 0. The van der Waals surface area contributed by atoms with E-state index in [-0.39, 0.29) is 0 Å². The molecule has 0 bridgehead atoms. The lowest BCUT2D eigenvalue weighted by molar-refractivity contribution is 1.35. The summed E-state index contributed by atoms with van der Waals surface area (Å²) in [6, 6.07) is 7.82. The Bertz CT molecular complexity index is 466. The van der Waals surface area contributed by atoms with Crippen molar-refractivity contribution in [3.05, 3.63) is 40.1 Å². The highest BCUT2D eigenvalue weighted by molar-refractivity contribution is 6.36. The fraction of sp³-hybridized carbons (Fsp3) is 0.250. The molecule has 0 amide bonds. The minimum Gasteiger partial charge on any atom is -0.224 e. The van der Waals surface area contributed by atoms with Crippen molar-refractivity contribution in [1.82, 2.24) is 4.98 Å². The van der Waals surface area contributed by atoms with Gasteiger partial charge in [0.05, 0.1) is 0 Å². The van der Waals surface area contributed by atoms with E-state index in [0.29, 0.717) is 10.3 Å². The molecule has 0 aliphatic rings. The van der Waals surface area contributed by atoms with Crippen molar-refractivity contribution < 1.29 is 0 Å². The smallest absolute Gasteiger partial charge is 0.138 e. The number of nitrogens with zero attached hydrogens (tertiary/aromatic N) is 1. The lowest BCUT2D eigenvalue weighted by atomic mass is 10.1. The van der Waals surface area contributed by atoms with Gasteiger partial charge in [-0.1, -0.05) is 54.7 Å². The SMILES string of the molecule is CC.Cc1ccc2cc(Cl)nc(Cl)c2c1. The summed E-state index contributed by atoms with van der Waals surface area (Å²) in [5.74, 6) is 0. The van der Waals surface area contributed by atoms with Crippen molar-refractivity contribution in [3.8, 4) is 0 Å². The van der Waals surface area contributed by atoms with Crippen LogP contribution in [0.25, 0.3) is 10.8 Å². The first-order valence-electron chi connectivity index (χ1n) is 4.89. The zero-order chi connectivity index (χ0) is 11.4. The van der Waals surface area contributed by atoms with Gasteiger partial charge in [0, 0.05) is 5.39 Å². The number of pyridine rings is 1. The van der Waals surface area contributed by atoms with Gasteiger partial charge in [0.2, 0.25) is 0 Å². The summed E-state index contributed by atoms with van der Waals surface area (Å²) in [4.78, 5) is 3.97. The first kappa shape index (κ1) is 12.3. The summed E-state index contributed by atoms with van der Waals surface area (Å²) in [6.45, 7) is 6.02. The highest BCUT2D eigenvalue weighted by atomic mass is 35.5. The zero-order valence-corrected chi connectivity index (χ0v) is 10.5. The van der Waals surface area contributed by atoms with Crippen LogP contribution in [0.5, 0.6) is 0 Å². The van der Waals surface area contributed by atoms with Crippen LogP contribution in [0.3, 0.4) is 0 Å². The Balaban J connectivity index is 0.000000531. The molecule has 1 nitrogen and oxygen atoms in total. The van der Waals surface area contributed by atoms with E-state index in [1.807, 2.05) is 45.0 Å². The standard InChI is InChI=1S/C10H7Cl2N.C2H6/c1-6-2-3-7-5-9(11)13-10(12)8(7)4-6;1-2/h2-5H,1H3;1-2H3. The highest BCUT2D eigenvalue weighted by Crippen LogP contribution is 2.25. The van der Waals surface area contributed by atoms with Gasteiger partial charge in [0.15, 0.2) is 0 Å². The Morgan fingerprint density at radius 2 is 1.73 bits per heavy atom. The number of halogens is 2. The quantitative estimate of drug-likeness (QED) is 0.600. The number of aromatic nitrogens is 1. The van der Waals surface area contributed by atoms with Crippen molar-refractivity contribution in [2.45, 2.75) is 20.8 Å². The second-order valence-electron chi connectivity index (χ2n) is 2.96. The predicted molar refractivity (Wildman–Crippen MR) is 67.8 cm³/mol. The summed E-state index contributed by atoms with van der Waals surface area (Å²) in [5, 5.41) is 2.87. The van der Waals surface area contributed by atoms with Gasteiger partial charge in [0.25, 0.3) is 0 Å². The summed E-state index contributed by atoms with van der Waals surface area (Å²) >= 11 is 11.7. The Kier molecular flexibility index (Phi) is 4.37. The average Bonchev–Trinajstić information content (AvgIpc) is 2.22. The molecule has 15 heavy (non-hydrogen) atoms. The maximum Gasteiger partial charge on any atom is 0.138 e. The van der Waals surface area contributed by atoms with Crippen molar-refractivity contribution in [1.29, 1.82) is 0 Å². The van der Waals surface area contributed by atoms with Gasteiger partial charge in [-0.15, -0.1) is 0 Å². The van der Waals surface area contributed by atoms with Gasteiger partial charge in [-0.2, -0.15) is 0 Å². The molecule has 0 atom stereocenters. The third-order valence-electron chi connectivity index (χ3n) is 1.91. The van der Waals surface area contributed by atoms with E-state index in [9.17, 15) is 0 Å². The van der Waals surface area contributed by atoms with Gasteiger partial charge >= 0.3 is 0 Å². The van der Waals surface area contributed by atoms with Gasteiger partial charge in [0.1, 0.15) is 10.3 Å². The lowest BCUT2D eigenvalue weighted by Crippen LogP contribution is -1.81. The fourth-order valence-electron chi connectivity index (χ4n) is 1.29. The van der Waals surface area contributed by atoms with E-state index in [4.69, 9.17) is 23.2 Å². The van der Waals surface area contributed by atoms with Crippen LogP contribution >= 0.6 is 23.2 Å². The van der Waals surface area contributed by atoms with Crippen LogP contribution in [-0.2, 0) is 0 Å². The maximum atomic E-state index is 5.94. The molecule has 0 saturated heterocycles. The molecule has 0 fully saturated rings. The second kappa shape index (κ2) is 5.34. The summed E-state index contributed by atoms with van der Waals surface area (Å²) in [6.07, 6.45) is 0. The Labute approximate surface area is 100 Å². The van der Waals surface area contributed by atoms with Crippen molar-refractivity contribution in [2.75, 3.05) is 0 Å². The van der Waals surface area contributed by atoms with E-state index < -0.39 is 0 Å². The Morgan fingerprint density at radius 3 is 2.40 bits per heavy atom. The molecule has 0 aliphatic carbocycles. The van der Waals surface area contributed by atoms with Crippen LogP contribution in [0.1, 0.15) is 19.4 Å². The molecule has 80 valence electrons. The number of benzene rings is 1. The number of hydrogen-bond acceptors (Lipinski definition) is 1. The number of rotatable bonds is 0. The van der Waals surface area contributed by atoms with Gasteiger partial charge in [-0.25, -0.2) is 4.98 Å². The normalized spacial score (nSPS) is 9.67. The van der Waals surface area contributed by atoms with Gasteiger partial charge < -0.3 is 0 Å². The zero-order valence-electron chi connectivity index (χ0n) is 9.01. The molecule has 3 heteroatoms. The minimum absolute atomic E-state index is 0.432. The van der Waals surface area contributed by atoms with Crippen molar-refractivity contribution in [3.63, 3.8) is 0 Å². The number of aryl methyl sites for hydroxylation is 1. The van der Waals surface area contributed by atoms with Crippen LogP contribution in [0.2, 0.25) is 10.3 Å². The molecule has 1 aromatic heterocycles. The molecule has 0 N–H and O–H groups in total. The summed E-state index contributed by atoms with van der Waals surface area (Å²) in [7, 11) is 0. The van der Waals surface area contributed by atoms with E-state index in [2.05, 4.69) is 4.98 Å². The largest absolute Gasteiger partial charge is 0.224 e. The van der Waals surface area contributed by atoms with Crippen molar-refractivity contribution in [2.24, 2.45) is 0 Å². The predicted octanol–water partition coefficient (Wildman–Crippen LogP) is 4.88. The highest BCUT2D eigenvalue weighted by Gasteiger charge is 2.02. The third kappa shape index (κ3) is 2.83. The first-order chi connectivity index (χ1) is 7.16. The van der Waals surface area contributed by atoms with E-state index in [0.717, 1.165) is 10.8 Å². The molecule has 2 aromatic rings. The maximum absolute atomic E-state index is 5.94. The van der Waals surface area contributed by atoms with Crippen LogP contribution in [-0.4, -0.2) is 4.98 Å². The molecule has 0 aliphatic heterocycles. The second-order valence-corrected chi connectivity index (χ2v) is 3.71. The number of fused-ring (bicyclic) bond motifs is 1. The molecular formula is C12H13Cl2N. The summed E-state index contributed by atoms with van der Waals surface area (Å²) in [5.41, 5.74) is 1.17. The van der Waals surface area contributed by atoms with Crippen LogP contribution in [0, 0.1) is 6.92 Å².